The van der Waals surface area contributed by atoms with Gasteiger partial charge in [-0.25, -0.2) is 9.79 Å². The van der Waals surface area contributed by atoms with Crippen LogP contribution in [0, 0.1) is 0 Å². The van der Waals surface area contributed by atoms with Crippen molar-refractivity contribution in [2.75, 3.05) is 0 Å². The molecule has 5 heteroatoms. The molecule has 1 aliphatic heterocycles. The number of aliphatic imine (C=N–C) groups is 1. The van der Waals surface area contributed by atoms with E-state index >= 15 is 0 Å². The Morgan fingerprint density at radius 2 is 1.93 bits per heavy atom. The van der Waals surface area contributed by atoms with Crippen molar-refractivity contribution >= 4 is 24.5 Å². The van der Waals surface area contributed by atoms with Crippen LogP contribution < -0.4 is 0 Å². The molecule has 0 spiro atoms. The van der Waals surface area contributed by atoms with Crippen LogP contribution in [-0.2, 0) is 44.5 Å². The third-order valence-corrected chi connectivity index (χ3v) is 1.98. The number of rotatable bonds is 1. The molecule has 0 saturated heterocycles. The summed E-state index contributed by atoms with van der Waals surface area (Å²) in [5.74, 6) is -0.175. The second-order valence-electron chi connectivity index (χ2n) is 2.68. The minimum atomic E-state index is -0.487. The molecule has 1 aromatic rings. The fourth-order valence-corrected chi connectivity index (χ4v) is 1.25. The standard InChI is InChI=1S/C10H7NO2S.Au/c12-10-8(6-14)11-9(13-10)7-4-2-1-3-5-7;/h1-6,14H;/q;+1/p-1/b8-6+;. The fourth-order valence-electron chi connectivity index (χ4n) is 1.10. The van der Waals surface area contributed by atoms with Crippen LogP contribution in [-0.4, -0.2) is 11.9 Å². The molecule has 0 aliphatic carbocycles. The summed E-state index contributed by atoms with van der Waals surface area (Å²) in [6.45, 7) is 0. The zero-order valence-corrected chi connectivity index (χ0v) is 10.4. The number of ether oxygens (including phenoxy) is 1. The van der Waals surface area contributed by atoms with Crippen molar-refractivity contribution < 1.29 is 31.9 Å². The van der Waals surface area contributed by atoms with Gasteiger partial charge >= 0.3 is 28.3 Å². The maximum Gasteiger partial charge on any atom is 1.00 e. The second-order valence-corrected chi connectivity index (χ2v) is 2.91. The maximum atomic E-state index is 11.1. The summed E-state index contributed by atoms with van der Waals surface area (Å²) >= 11 is 4.62. The zero-order chi connectivity index (χ0) is 9.97. The molecule has 1 aromatic carbocycles. The molecule has 80 valence electrons. The van der Waals surface area contributed by atoms with Gasteiger partial charge in [-0.15, -0.1) is 0 Å². The molecule has 0 N–H and O–H groups in total. The summed E-state index contributed by atoms with van der Waals surface area (Å²) in [5, 5.41) is 1.22. The molecule has 0 radical (unpaired) electrons. The Bertz CT molecular complexity index is 428. The van der Waals surface area contributed by atoms with Gasteiger partial charge in [-0.3, -0.25) is 0 Å². The molecule has 0 unspecified atom stereocenters. The van der Waals surface area contributed by atoms with Crippen LogP contribution in [0.5, 0.6) is 0 Å². The van der Waals surface area contributed by atoms with Gasteiger partial charge in [0.1, 0.15) is 5.70 Å². The van der Waals surface area contributed by atoms with Gasteiger partial charge in [0.25, 0.3) is 0 Å². The van der Waals surface area contributed by atoms with Crippen molar-refractivity contribution in [1.82, 2.24) is 0 Å². The summed E-state index contributed by atoms with van der Waals surface area (Å²) in [6.07, 6.45) is 0. The molecular weight excluding hydrogens is 395 g/mol. The van der Waals surface area contributed by atoms with Gasteiger partial charge in [0, 0.05) is 5.56 Å². The SMILES string of the molecule is O=C1OC(c2ccccc2)=N/C1=C/[S-].[Au+]. The van der Waals surface area contributed by atoms with Crippen LogP contribution in [0.15, 0.2) is 46.4 Å². The summed E-state index contributed by atoms with van der Waals surface area (Å²) in [6, 6.07) is 9.21. The number of cyclic esters (lactones) is 1. The Morgan fingerprint density at radius 1 is 1.27 bits per heavy atom. The second kappa shape index (κ2) is 5.23. The van der Waals surface area contributed by atoms with E-state index in [1.165, 1.54) is 5.41 Å². The average Bonchev–Trinajstić information content (AvgIpc) is 2.61. The smallest absolute Gasteiger partial charge is 0.785 e. The van der Waals surface area contributed by atoms with Gasteiger partial charge in [-0.2, -0.15) is 5.41 Å². The summed E-state index contributed by atoms with van der Waals surface area (Å²) < 4.78 is 4.93. The number of esters is 1. The predicted molar refractivity (Wildman–Crippen MR) is 54.5 cm³/mol. The van der Waals surface area contributed by atoms with Gasteiger partial charge in [0.05, 0.1) is 0 Å². The topological polar surface area (TPSA) is 38.7 Å². The minimum Gasteiger partial charge on any atom is -0.785 e. The average molecular weight is 401 g/mol. The molecule has 2 rings (SSSR count). The van der Waals surface area contributed by atoms with Crippen LogP contribution in [0.25, 0.3) is 0 Å². The van der Waals surface area contributed by atoms with Gasteiger partial charge in [0.2, 0.25) is 5.90 Å². The van der Waals surface area contributed by atoms with Crippen molar-refractivity contribution in [3.05, 3.63) is 47.0 Å². The fraction of sp³-hybridized carbons (Fsp3) is 0. The molecule has 0 aromatic heterocycles. The number of carbonyl (C=O) groups excluding carboxylic acids is 1. The van der Waals surface area contributed by atoms with Crippen LogP contribution in [0.2, 0.25) is 0 Å². The van der Waals surface area contributed by atoms with E-state index in [2.05, 4.69) is 17.6 Å². The number of nitrogens with zero attached hydrogens (tertiary/aromatic N) is 1. The third kappa shape index (κ3) is 2.54. The number of hydrogen-bond acceptors (Lipinski definition) is 4. The zero-order valence-electron chi connectivity index (χ0n) is 7.44. The number of benzene rings is 1. The van der Waals surface area contributed by atoms with E-state index in [0.717, 1.165) is 5.56 Å². The maximum absolute atomic E-state index is 11.1. The predicted octanol–water partition coefficient (Wildman–Crippen LogP) is 1.38. The normalized spacial score (nSPS) is 16.9. The third-order valence-electron chi connectivity index (χ3n) is 1.75. The molecule has 0 atom stereocenters. The van der Waals surface area contributed by atoms with E-state index in [0.29, 0.717) is 5.90 Å². The first kappa shape index (κ1) is 12.1. The largest absolute Gasteiger partial charge is 1.00 e. The summed E-state index contributed by atoms with van der Waals surface area (Å²) in [5.41, 5.74) is 0.951. The first-order chi connectivity index (χ1) is 6.81. The van der Waals surface area contributed by atoms with E-state index in [1.807, 2.05) is 30.3 Å². The Balaban J connectivity index is 0.00000112. The van der Waals surface area contributed by atoms with Crippen LogP contribution >= 0.6 is 0 Å². The molecule has 3 nitrogen and oxygen atoms in total. The van der Waals surface area contributed by atoms with Gasteiger partial charge in [-0.1, -0.05) is 18.2 Å². The van der Waals surface area contributed by atoms with Crippen molar-refractivity contribution in [2.24, 2.45) is 4.99 Å². The molecule has 0 amide bonds. The van der Waals surface area contributed by atoms with Gasteiger partial charge in [0.15, 0.2) is 0 Å². The quantitative estimate of drug-likeness (QED) is 0.309. The first-order valence-electron chi connectivity index (χ1n) is 3.99. The van der Waals surface area contributed by atoms with Crippen molar-refractivity contribution in [1.29, 1.82) is 0 Å². The van der Waals surface area contributed by atoms with Crippen molar-refractivity contribution in [3.8, 4) is 0 Å². The van der Waals surface area contributed by atoms with E-state index < -0.39 is 5.97 Å². The van der Waals surface area contributed by atoms with E-state index in [4.69, 9.17) is 4.74 Å². The Labute approximate surface area is 108 Å². The van der Waals surface area contributed by atoms with Gasteiger partial charge in [-0.05, 0) is 12.1 Å². The van der Waals surface area contributed by atoms with Crippen LogP contribution in [0.4, 0.5) is 0 Å². The molecule has 0 bridgehead atoms. The van der Waals surface area contributed by atoms with Crippen LogP contribution in [0.3, 0.4) is 0 Å². The first-order valence-corrected chi connectivity index (χ1v) is 4.47. The van der Waals surface area contributed by atoms with Crippen molar-refractivity contribution in [3.63, 3.8) is 0 Å². The van der Waals surface area contributed by atoms with Gasteiger partial charge < -0.3 is 17.4 Å². The van der Waals surface area contributed by atoms with E-state index in [1.54, 1.807) is 0 Å². The summed E-state index contributed by atoms with van der Waals surface area (Å²) in [4.78, 5) is 15.1. The molecular formula is C10H6AuNO2S. The Hall–Kier alpha value is -0.940. The Morgan fingerprint density at radius 3 is 2.47 bits per heavy atom. The molecule has 0 saturated carbocycles. The molecule has 1 aliphatic rings. The van der Waals surface area contributed by atoms with Crippen molar-refractivity contribution in [2.45, 2.75) is 0 Å². The van der Waals surface area contributed by atoms with Crippen LogP contribution in [0.1, 0.15) is 5.56 Å². The Kier molecular flexibility index (Phi) is 4.23. The monoisotopic (exact) mass is 401 g/mol. The molecule has 0 fully saturated rings. The number of hydrogen-bond donors (Lipinski definition) is 0. The number of carbonyl (C=O) groups is 1. The summed E-state index contributed by atoms with van der Waals surface area (Å²) in [7, 11) is 0. The molecule has 15 heavy (non-hydrogen) atoms. The molecule has 1 heterocycles. The van der Waals surface area contributed by atoms with E-state index in [9.17, 15) is 4.79 Å². The minimum absolute atomic E-state index is 0. The van der Waals surface area contributed by atoms with E-state index in [-0.39, 0.29) is 28.1 Å².